The van der Waals surface area contributed by atoms with Crippen LogP contribution < -0.4 is 13.9 Å². The van der Waals surface area contributed by atoms with Crippen LogP contribution in [0.5, 0.6) is 5.75 Å². The highest BCUT2D eigenvalue weighted by Crippen LogP contribution is 2.54. The molecule has 4 nitrogen and oxygen atoms in total. The molecule has 8 aromatic rings. The van der Waals surface area contributed by atoms with Gasteiger partial charge in [-0.3, -0.25) is 0 Å². The van der Waals surface area contributed by atoms with Gasteiger partial charge >= 0.3 is 11.7 Å². The number of ether oxygens (including phenoxy) is 1. The topological polar surface area (TPSA) is 21.9 Å². The molecule has 2 aromatic heterocycles. The second kappa shape index (κ2) is 11.4. The number of pyridine rings is 1. The van der Waals surface area contributed by atoms with Gasteiger partial charge in [0.15, 0.2) is 17.2 Å². The summed E-state index contributed by atoms with van der Waals surface area (Å²) >= 11 is 0. The highest BCUT2D eigenvalue weighted by molar-refractivity contribution is 5.98. The SMILES string of the molecule is [2H]c1c([2H])c(C([2H])([2H])[2H])c([2H])c([2H])c1-c1cc[n+]2c(c1)-c1cc(C(C)(C)C)cc3c1C21Oc2ccccc2-c2n(-c4ccc(C)cc4-c4ccc(C(C)(C)C)cc4)c4cccc-3c4[n+]21. The highest BCUT2D eigenvalue weighted by atomic mass is 16.5. The fourth-order valence-corrected chi connectivity index (χ4v) is 9.29. The lowest BCUT2D eigenvalue weighted by Crippen LogP contribution is -2.78. The third-order valence-electron chi connectivity index (χ3n) is 12.1. The molecule has 0 fully saturated rings. The third kappa shape index (κ3) is 4.67. The molecule has 0 amide bonds. The van der Waals surface area contributed by atoms with E-state index >= 15 is 0 Å². The lowest BCUT2D eigenvalue weighted by Gasteiger charge is -2.32. The van der Waals surface area contributed by atoms with Crippen LogP contribution in [0.4, 0.5) is 0 Å². The van der Waals surface area contributed by atoms with Gasteiger partial charge in [0.2, 0.25) is 5.69 Å². The van der Waals surface area contributed by atoms with Crippen molar-refractivity contribution in [2.75, 3.05) is 0 Å². The summed E-state index contributed by atoms with van der Waals surface area (Å²) in [5.41, 5.74) is 14.1. The molecule has 0 bridgehead atoms. The molecular formula is C53H47N3O+2. The molecule has 1 spiro atoms. The average Bonchev–Trinajstić information content (AvgIpc) is 3.73. The molecule has 57 heavy (non-hydrogen) atoms. The van der Waals surface area contributed by atoms with Gasteiger partial charge in [0.25, 0.3) is 0 Å². The molecule has 3 aliphatic heterocycles. The molecule has 0 aliphatic carbocycles. The van der Waals surface area contributed by atoms with Crippen LogP contribution in [-0.2, 0) is 16.7 Å². The van der Waals surface area contributed by atoms with E-state index in [-0.39, 0.29) is 16.4 Å². The Morgan fingerprint density at radius 3 is 2.12 bits per heavy atom. The van der Waals surface area contributed by atoms with Gasteiger partial charge in [-0.1, -0.05) is 125 Å². The van der Waals surface area contributed by atoms with Crippen molar-refractivity contribution in [2.45, 2.75) is 72.0 Å². The van der Waals surface area contributed by atoms with E-state index in [0.717, 1.165) is 78.3 Å². The molecule has 0 radical (unpaired) electrons. The van der Waals surface area contributed by atoms with E-state index < -0.39 is 42.4 Å². The standard InChI is InChI=1S/C53H47N3O/c1-32-16-19-34(20-17-32)36-26-27-54-46(29-36)43-31-38(52(6,7)8)30-42-39-13-11-14-45-49(39)56-50(40-12-9-10-15-47(40)57-53(54,56)48(42)43)55(45)44-25-18-33(2)28-41(44)35-21-23-37(24-22-35)51(3,4)5/h9-31H,1-8H3/q+2/i1D3,16D,17D,19D,20D. The van der Waals surface area contributed by atoms with Crippen molar-refractivity contribution in [3.05, 3.63) is 167 Å². The molecule has 0 saturated heterocycles. The van der Waals surface area contributed by atoms with Gasteiger partial charge in [-0.2, -0.15) is 4.57 Å². The van der Waals surface area contributed by atoms with Crippen LogP contribution in [0.3, 0.4) is 0 Å². The zero-order chi connectivity index (χ0) is 45.2. The Balaban J connectivity index is 1.26. The van der Waals surface area contributed by atoms with Crippen molar-refractivity contribution < 1.29 is 23.5 Å². The third-order valence-corrected chi connectivity index (χ3v) is 12.1. The van der Waals surface area contributed by atoms with Crippen molar-refractivity contribution in [2.24, 2.45) is 0 Å². The van der Waals surface area contributed by atoms with Gasteiger partial charge < -0.3 is 4.74 Å². The lowest BCUT2D eigenvalue weighted by molar-refractivity contribution is -0.997. The lowest BCUT2D eigenvalue weighted by atomic mass is 9.80. The summed E-state index contributed by atoms with van der Waals surface area (Å²) in [4.78, 5) is 0. The van der Waals surface area contributed by atoms with E-state index in [4.69, 9.17) is 14.3 Å². The maximum absolute atomic E-state index is 9.06. The van der Waals surface area contributed by atoms with Crippen LogP contribution in [0.1, 0.15) is 79.0 Å². The van der Waals surface area contributed by atoms with E-state index in [1.165, 1.54) is 5.56 Å². The molecule has 1 unspecified atom stereocenters. The first-order chi connectivity index (χ1) is 30.2. The first kappa shape index (κ1) is 27.4. The Hall–Kier alpha value is -6.26. The number of hydrogen-bond donors (Lipinski definition) is 0. The highest BCUT2D eigenvalue weighted by Gasteiger charge is 2.68. The summed E-state index contributed by atoms with van der Waals surface area (Å²) in [6.45, 7) is 12.6. The minimum atomic E-state index is -2.82. The van der Waals surface area contributed by atoms with Crippen LogP contribution in [0, 0.1) is 13.8 Å². The number of aryl methyl sites for hydroxylation is 1. The van der Waals surface area contributed by atoms with E-state index in [2.05, 4.69) is 141 Å². The number of benzene rings is 6. The predicted octanol–water partition coefficient (Wildman–Crippen LogP) is 12.0. The second-order valence-corrected chi connectivity index (χ2v) is 17.8. The quantitative estimate of drug-likeness (QED) is 0.165. The predicted molar refractivity (Wildman–Crippen MR) is 231 cm³/mol. The fraction of sp³-hybridized carbons (Fsp3) is 0.208. The number of aromatic nitrogens is 3. The van der Waals surface area contributed by atoms with Crippen molar-refractivity contribution in [3.63, 3.8) is 0 Å². The van der Waals surface area contributed by atoms with E-state index in [0.29, 0.717) is 11.3 Å². The normalized spacial score (nSPS) is 17.9. The summed E-state index contributed by atoms with van der Waals surface area (Å²) in [6.07, 6.45) is 1.92. The molecular weight excluding hydrogens is 695 g/mol. The number of hydrogen-bond acceptors (Lipinski definition) is 1. The average molecular weight is 749 g/mol. The van der Waals surface area contributed by atoms with Gasteiger partial charge in [0.05, 0.1) is 11.0 Å². The van der Waals surface area contributed by atoms with E-state index in [1.807, 2.05) is 30.5 Å². The van der Waals surface area contributed by atoms with Gasteiger partial charge in [0, 0.05) is 32.9 Å². The Kier molecular flexibility index (Phi) is 5.48. The summed E-state index contributed by atoms with van der Waals surface area (Å²) < 4.78 is 74.1. The van der Waals surface area contributed by atoms with Gasteiger partial charge in [-0.25, -0.2) is 0 Å². The molecule has 1 atom stereocenters. The first-order valence-corrected chi connectivity index (χ1v) is 19.7. The van der Waals surface area contributed by atoms with Crippen LogP contribution in [0.25, 0.3) is 72.7 Å². The van der Waals surface area contributed by atoms with E-state index in [1.54, 1.807) is 6.07 Å². The Bertz CT molecular complexity index is 3340. The van der Waals surface area contributed by atoms with E-state index in [9.17, 15) is 0 Å². The van der Waals surface area contributed by atoms with Gasteiger partial charge in [0.1, 0.15) is 22.6 Å². The molecule has 4 heteroatoms. The fourth-order valence-electron chi connectivity index (χ4n) is 9.29. The Morgan fingerprint density at radius 1 is 0.632 bits per heavy atom. The Labute approximate surface area is 345 Å². The summed E-state index contributed by atoms with van der Waals surface area (Å²) in [7, 11) is 0. The van der Waals surface area contributed by atoms with Crippen LogP contribution in [0.2, 0.25) is 0 Å². The van der Waals surface area contributed by atoms with Crippen molar-refractivity contribution in [1.82, 2.24) is 4.57 Å². The summed E-state index contributed by atoms with van der Waals surface area (Å²) in [5.74, 6) is 0.385. The number of rotatable bonds is 3. The molecule has 11 rings (SSSR count). The maximum atomic E-state index is 9.06. The maximum Gasteiger partial charge on any atom is 0.499 e. The molecule has 0 saturated carbocycles. The van der Waals surface area contributed by atoms with Crippen molar-refractivity contribution in [1.29, 1.82) is 0 Å². The molecule has 0 N–H and O–H groups in total. The number of para-hydroxylation sites is 2. The van der Waals surface area contributed by atoms with Crippen molar-refractivity contribution in [3.8, 4) is 67.5 Å². The summed E-state index contributed by atoms with van der Waals surface area (Å²) in [5, 5.41) is 0. The number of fused-ring (bicyclic) bond motifs is 5. The molecule has 5 heterocycles. The van der Waals surface area contributed by atoms with Crippen LogP contribution >= 0.6 is 0 Å². The number of imidazole rings is 1. The van der Waals surface area contributed by atoms with Crippen LogP contribution in [-0.4, -0.2) is 4.57 Å². The molecule has 6 aromatic carbocycles. The monoisotopic (exact) mass is 748 g/mol. The van der Waals surface area contributed by atoms with Gasteiger partial charge in [-0.15, -0.1) is 9.13 Å². The largest absolute Gasteiger partial charge is 0.499 e. The van der Waals surface area contributed by atoms with Gasteiger partial charge in [-0.05, 0) is 101 Å². The molecule has 3 aliphatic rings. The zero-order valence-electron chi connectivity index (χ0n) is 40.2. The minimum Gasteiger partial charge on any atom is -0.392 e. The minimum absolute atomic E-state index is 0.00709. The van der Waals surface area contributed by atoms with Crippen molar-refractivity contribution >= 4 is 11.0 Å². The first-order valence-electron chi connectivity index (χ1n) is 23.2. The summed E-state index contributed by atoms with van der Waals surface area (Å²) in [6, 6.07) is 36.7. The Morgan fingerprint density at radius 2 is 1.37 bits per heavy atom. The second-order valence-electron chi connectivity index (χ2n) is 17.8. The number of nitrogens with zero attached hydrogens (tertiary/aromatic N) is 3. The molecule has 278 valence electrons. The zero-order valence-corrected chi connectivity index (χ0v) is 33.2. The van der Waals surface area contributed by atoms with Crippen LogP contribution in [0.15, 0.2) is 140 Å². The smallest absolute Gasteiger partial charge is 0.392 e.